The summed E-state index contributed by atoms with van der Waals surface area (Å²) in [6.07, 6.45) is 1.32. The smallest absolute Gasteiger partial charge is 0.343 e. The summed E-state index contributed by atoms with van der Waals surface area (Å²) in [6, 6.07) is 15.3. The number of amides is 1. The Bertz CT molecular complexity index is 1500. The number of ether oxygens (including phenoxy) is 3. The Labute approximate surface area is 239 Å². The van der Waals surface area contributed by atoms with E-state index < -0.39 is 5.97 Å². The highest BCUT2D eigenvalue weighted by molar-refractivity contribution is 6.06. The van der Waals surface area contributed by atoms with Gasteiger partial charge in [-0.2, -0.15) is 0 Å². The van der Waals surface area contributed by atoms with Gasteiger partial charge in [0.25, 0.3) is 0 Å². The fourth-order valence-electron chi connectivity index (χ4n) is 4.77. The van der Waals surface area contributed by atoms with E-state index in [-0.39, 0.29) is 12.5 Å². The predicted octanol–water partition coefficient (Wildman–Crippen LogP) is 2.89. The summed E-state index contributed by atoms with van der Waals surface area (Å²) < 4.78 is 17.7. The van der Waals surface area contributed by atoms with Crippen molar-refractivity contribution < 1.29 is 23.8 Å². The summed E-state index contributed by atoms with van der Waals surface area (Å²) >= 11 is 0. The molecule has 2 N–H and O–H groups in total. The van der Waals surface area contributed by atoms with E-state index in [0.29, 0.717) is 62.7 Å². The van der Waals surface area contributed by atoms with Crippen molar-refractivity contribution in [3.63, 3.8) is 0 Å². The molecule has 1 amide bonds. The molecule has 11 nitrogen and oxygen atoms in total. The molecule has 2 aromatic carbocycles. The Balaban J connectivity index is 1.57. The predicted molar refractivity (Wildman–Crippen MR) is 158 cm³/mol. The summed E-state index contributed by atoms with van der Waals surface area (Å²) in [5.41, 5.74) is 9.67. The monoisotopic (exact) mass is 562 g/mol. The van der Waals surface area contributed by atoms with E-state index >= 15 is 0 Å². The van der Waals surface area contributed by atoms with Gasteiger partial charge in [-0.1, -0.05) is 30.3 Å². The van der Waals surface area contributed by atoms with E-state index in [0.717, 1.165) is 27.8 Å². The lowest BCUT2D eigenvalue weighted by Crippen LogP contribution is -2.38. The lowest BCUT2D eigenvalue weighted by molar-refractivity contribution is -0.142. The number of aryl methyl sites for hydroxylation is 1. The summed E-state index contributed by atoms with van der Waals surface area (Å²) in [5, 5.41) is 0.983. The molecule has 0 unspecified atom stereocenters. The van der Waals surface area contributed by atoms with Crippen LogP contribution >= 0.6 is 0 Å². The Morgan fingerprint density at radius 1 is 1.05 bits per heavy atom. The number of aromatic nitrogens is 3. The van der Waals surface area contributed by atoms with E-state index in [9.17, 15) is 9.59 Å². The number of nitrogens with two attached hydrogens (primary N) is 1. The summed E-state index contributed by atoms with van der Waals surface area (Å²) in [5.74, 6) is 1.37. The maximum atomic E-state index is 13.3. The van der Waals surface area contributed by atoms with Gasteiger partial charge in [0, 0.05) is 38.6 Å². The number of carbonyl (C=O) groups is 2. The summed E-state index contributed by atoms with van der Waals surface area (Å²) in [6.45, 7) is 2.21. The third-order valence-electron chi connectivity index (χ3n) is 6.69. The molecule has 0 saturated carbocycles. The minimum Gasteiger partial charge on any atom is -0.482 e. The number of benzene rings is 2. The molecule has 0 aliphatic heterocycles. The van der Waals surface area contributed by atoms with Crippen molar-refractivity contribution in [1.82, 2.24) is 24.3 Å². The van der Waals surface area contributed by atoms with Crippen molar-refractivity contribution in [3.8, 4) is 5.75 Å². The number of esters is 1. The van der Waals surface area contributed by atoms with Crippen LogP contribution in [0.4, 0.5) is 5.82 Å². The molecule has 0 bridgehead atoms. The molecule has 0 atom stereocenters. The van der Waals surface area contributed by atoms with Crippen LogP contribution in [0.25, 0.3) is 21.9 Å². The summed E-state index contributed by atoms with van der Waals surface area (Å²) in [7, 11) is 6.74. The first-order valence-electron chi connectivity index (χ1n) is 13.5. The minimum atomic E-state index is -0.458. The van der Waals surface area contributed by atoms with Gasteiger partial charge in [-0.15, -0.1) is 0 Å². The molecular formula is C30H38N6O5. The van der Waals surface area contributed by atoms with Crippen molar-refractivity contribution in [1.29, 1.82) is 0 Å². The number of anilines is 1. The highest BCUT2D eigenvalue weighted by atomic mass is 16.6. The normalized spacial score (nSPS) is 11.3. The second kappa shape index (κ2) is 13.9. The fraction of sp³-hybridized carbons (Fsp3) is 0.400. The van der Waals surface area contributed by atoms with Crippen LogP contribution < -0.4 is 10.5 Å². The molecule has 11 heteroatoms. The lowest BCUT2D eigenvalue weighted by atomic mass is 10.1. The molecule has 41 heavy (non-hydrogen) atoms. The zero-order valence-electron chi connectivity index (χ0n) is 24.1. The SMILES string of the molecule is COCCc1nc2c(N)nc3ccccc3c2n1CCCN(Cc1cccc(OCC(=O)OC)c1)C(=O)CN(C)C. The number of fused-ring (bicyclic) bond motifs is 3. The Morgan fingerprint density at radius 3 is 2.61 bits per heavy atom. The minimum absolute atomic E-state index is 0.0184. The molecular weight excluding hydrogens is 524 g/mol. The molecule has 218 valence electrons. The van der Waals surface area contributed by atoms with Crippen LogP contribution in [-0.4, -0.2) is 90.8 Å². The largest absolute Gasteiger partial charge is 0.482 e. The van der Waals surface area contributed by atoms with Gasteiger partial charge in [-0.05, 0) is 44.3 Å². The maximum Gasteiger partial charge on any atom is 0.343 e. The average molecular weight is 563 g/mol. The van der Waals surface area contributed by atoms with Crippen LogP contribution in [0.3, 0.4) is 0 Å². The number of nitrogen functional groups attached to an aromatic ring is 1. The first-order valence-corrected chi connectivity index (χ1v) is 13.5. The molecule has 2 heterocycles. The van der Waals surface area contributed by atoms with Crippen LogP contribution in [0.1, 0.15) is 17.8 Å². The van der Waals surface area contributed by atoms with E-state index in [1.807, 2.05) is 66.4 Å². The Hall–Kier alpha value is -4.22. The lowest BCUT2D eigenvalue weighted by Gasteiger charge is -2.25. The van der Waals surface area contributed by atoms with Crippen molar-refractivity contribution in [2.45, 2.75) is 25.9 Å². The van der Waals surface area contributed by atoms with Gasteiger partial charge in [0.15, 0.2) is 12.4 Å². The summed E-state index contributed by atoms with van der Waals surface area (Å²) in [4.78, 5) is 37.9. The highest BCUT2D eigenvalue weighted by Crippen LogP contribution is 2.29. The first kappa shape index (κ1) is 29.8. The average Bonchev–Trinajstić information content (AvgIpc) is 3.33. The van der Waals surface area contributed by atoms with Crippen LogP contribution in [0.15, 0.2) is 48.5 Å². The van der Waals surface area contributed by atoms with E-state index in [2.05, 4.69) is 14.3 Å². The van der Waals surface area contributed by atoms with Crippen molar-refractivity contribution in [2.24, 2.45) is 0 Å². The molecule has 4 aromatic rings. The van der Waals surface area contributed by atoms with Gasteiger partial charge in [0.2, 0.25) is 5.91 Å². The van der Waals surface area contributed by atoms with Crippen LogP contribution in [0.5, 0.6) is 5.75 Å². The molecule has 0 radical (unpaired) electrons. The van der Waals surface area contributed by atoms with E-state index in [1.54, 1.807) is 13.2 Å². The third kappa shape index (κ3) is 7.50. The highest BCUT2D eigenvalue weighted by Gasteiger charge is 2.19. The number of imidazole rings is 1. The molecule has 0 saturated heterocycles. The number of hydrogen-bond acceptors (Lipinski definition) is 9. The molecule has 2 aromatic heterocycles. The maximum absolute atomic E-state index is 13.3. The number of methoxy groups -OCH3 is 2. The fourth-order valence-corrected chi connectivity index (χ4v) is 4.77. The Morgan fingerprint density at radius 2 is 1.85 bits per heavy atom. The number of likely N-dealkylation sites (N-methyl/N-ethyl adjacent to an activating group) is 1. The molecule has 0 aliphatic rings. The van der Waals surface area contributed by atoms with Gasteiger partial charge in [-0.3, -0.25) is 4.79 Å². The van der Waals surface area contributed by atoms with E-state index in [1.165, 1.54) is 7.11 Å². The molecule has 4 rings (SSSR count). The number of rotatable bonds is 14. The van der Waals surface area contributed by atoms with Gasteiger partial charge < -0.3 is 34.3 Å². The number of hydrogen-bond donors (Lipinski definition) is 1. The molecule has 0 fully saturated rings. The van der Waals surface area contributed by atoms with Crippen LogP contribution in [-0.2, 0) is 38.6 Å². The van der Waals surface area contributed by atoms with Crippen LogP contribution in [0, 0.1) is 0 Å². The number of nitrogens with zero attached hydrogens (tertiary/aromatic N) is 5. The first-order chi connectivity index (χ1) is 19.8. The zero-order chi connectivity index (χ0) is 29.4. The third-order valence-corrected chi connectivity index (χ3v) is 6.69. The quantitative estimate of drug-likeness (QED) is 0.231. The number of pyridine rings is 1. The van der Waals surface area contributed by atoms with Crippen molar-refractivity contribution in [3.05, 3.63) is 59.9 Å². The van der Waals surface area contributed by atoms with E-state index in [4.69, 9.17) is 20.2 Å². The standard InChI is InChI=1S/C30H38N6O5/c1-34(2)19-26(37)35(18-21-9-7-10-22(17-21)41-20-27(38)40-4)14-8-15-36-25(13-16-39-3)33-28-29(36)23-11-5-6-12-24(23)32-30(28)31/h5-7,9-12,17H,8,13-16,18-20H2,1-4H3,(H2,31,32). The van der Waals surface area contributed by atoms with Crippen molar-refractivity contribution >= 4 is 39.6 Å². The second-order valence-corrected chi connectivity index (χ2v) is 10.1. The van der Waals surface area contributed by atoms with Crippen molar-refractivity contribution in [2.75, 3.05) is 60.4 Å². The topological polar surface area (TPSA) is 125 Å². The Kier molecular flexibility index (Phi) is 10.1. The number of para-hydroxylation sites is 1. The zero-order valence-corrected chi connectivity index (χ0v) is 24.1. The van der Waals surface area contributed by atoms with Crippen LogP contribution in [0.2, 0.25) is 0 Å². The molecule has 0 aliphatic carbocycles. The number of carbonyl (C=O) groups excluding carboxylic acids is 2. The van der Waals surface area contributed by atoms with Gasteiger partial charge in [0.1, 0.15) is 17.1 Å². The molecule has 0 spiro atoms. The van der Waals surface area contributed by atoms with Gasteiger partial charge in [0.05, 0.1) is 31.3 Å². The second-order valence-electron chi connectivity index (χ2n) is 10.1. The van der Waals surface area contributed by atoms with Gasteiger partial charge >= 0.3 is 5.97 Å². The van der Waals surface area contributed by atoms with Gasteiger partial charge in [-0.25, -0.2) is 14.8 Å².